The van der Waals surface area contributed by atoms with Gasteiger partial charge >= 0.3 is 0 Å². The highest BCUT2D eigenvalue weighted by molar-refractivity contribution is 5.76. The fraction of sp³-hybridized carbons (Fsp3) is 0.462. The van der Waals surface area contributed by atoms with Crippen LogP contribution in [0.2, 0.25) is 0 Å². The van der Waals surface area contributed by atoms with Crippen molar-refractivity contribution in [2.75, 3.05) is 13.7 Å². The largest absolute Gasteiger partial charge is 0.383 e. The Balaban J connectivity index is 2.33. The van der Waals surface area contributed by atoms with Crippen molar-refractivity contribution in [3.05, 3.63) is 35.6 Å². The van der Waals surface area contributed by atoms with E-state index in [1.165, 1.54) is 12.1 Å². The average Bonchev–Trinajstić information content (AvgIpc) is 2.27. The van der Waals surface area contributed by atoms with E-state index in [9.17, 15) is 9.18 Å². The molecule has 3 nitrogen and oxygen atoms in total. The summed E-state index contributed by atoms with van der Waals surface area (Å²) in [5.41, 5.74) is 0.833. The third-order valence-electron chi connectivity index (χ3n) is 2.35. The molecule has 1 amide bonds. The molecule has 0 saturated carbocycles. The molecule has 0 unspecified atom stereocenters. The van der Waals surface area contributed by atoms with E-state index in [0.717, 1.165) is 5.56 Å². The topological polar surface area (TPSA) is 38.3 Å². The summed E-state index contributed by atoms with van der Waals surface area (Å²) < 4.78 is 17.8. The number of nitrogens with one attached hydrogen (secondary N) is 1. The number of aryl methyl sites for hydroxylation is 1. The van der Waals surface area contributed by atoms with E-state index in [2.05, 4.69) is 5.32 Å². The molecule has 0 aromatic heterocycles. The Morgan fingerprint density at radius 1 is 1.53 bits per heavy atom. The molecule has 1 N–H and O–H groups in total. The molecule has 0 aliphatic carbocycles. The molecule has 1 aromatic rings. The number of benzene rings is 1. The number of ether oxygens (including phenoxy) is 1. The van der Waals surface area contributed by atoms with Gasteiger partial charge in [0.05, 0.1) is 6.61 Å². The lowest BCUT2D eigenvalue weighted by molar-refractivity contribution is -0.122. The highest BCUT2D eigenvalue weighted by Crippen LogP contribution is 2.06. The zero-order valence-electron chi connectivity index (χ0n) is 10.2. The van der Waals surface area contributed by atoms with Crippen LogP contribution in [0, 0.1) is 5.82 Å². The van der Waals surface area contributed by atoms with Crippen molar-refractivity contribution in [1.82, 2.24) is 5.32 Å². The first-order valence-corrected chi connectivity index (χ1v) is 5.64. The maximum absolute atomic E-state index is 12.9. The molecule has 17 heavy (non-hydrogen) atoms. The van der Waals surface area contributed by atoms with Gasteiger partial charge in [0.2, 0.25) is 5.91 Å². The van der Waals surface area contributed by atoms with Crippen molar-refractivity contribution in [3.63, 3.8) is 0 Å². The van der Waals surface area contributed by atoms with Crippen molar-refractivity contribution >= 4 is 5.91 Å². The van der Waals surface area contributed by atoms with E-state index in [4.69, 9.17) is 4.74 Å². The van der Waals surface area contributed by atoms with Crippen LogP contribution in [0.3, 0.4) is 0 Å². The second-order valence-electron chi connectivity index (χ2n) is 4.05. The lowest BCUT2D eigenvalue weighted by Crippen LogP contribution is -2.35. The molecule has 0 aliphatic heterocycles. The first-order valence-electron chi connectivity index (χ1n) is 5.64. The van der Waals surface area contributed by atoms with Crippen molar-refractivity contribution in [2.24, 2.45) is 0 Å². The van der Waals surface area contributed by atoms with E-state index in [1.807, 2.05) is 13.0 Å². The van der Waals surface area contributed by atoms with Crippen LogP contribution in [0.25, 0.3) is 0 Å². The maximum atomic E-state index is 12.9. The number of carbonyl (C=O) groups is 1. The smallest absolute Gasteiger partial charge is 0.220 e. The Morgan fingerprint density at radius 3 is 2.94 bits per heavy atom. The van der Waals surface area contributed by atoms with Gasteiger partial charge in [-0.25, -0.2) is 4.39 Å². The quantitative estimate of drug-likeness (QED) is 0.823. The highest BCUT2D eigenvalue weighted by Gasteiger charge is 2.07. The minimum Gasteiger partial charge on any atom is -0.383 e. The van der Waals surface area contributed by atoms with Crippen molar-refractivity contribution < 1.29 is 13.9 Å². The number of hydrogen-bond donors (Lipinski definition) is 1. The monoisotopic (exact) mass is 239 g/mol. The van der Waals surface area contributed by atoms with Gasteiger partial charge in [-0.15, -0.1) is 0 Å². The zero-order chi connectivity index (χ0) is 12.7. The Labute approximate surface area is 101 Å². The Kier molecular flexibility index (Phi) is 5.63. The molecule has 0 bridgehead atoms. The molecule has 1 atom stereocenters. The number of amides is 1. The molecule has 1 aromatic carbocycles. The molecule has 0 aliphatic rings. The van der Waals surface area contributed by atoms with E-state index < -0.39 is 0 Å². The fourth-order valence-corrected chi connectivity index (χ4v) is 1.59. The zero-order valence-corrected chi connectivity index (χ0v) is 10.2. The molecular formula is C13H18FNO2. The molecule has 4 heteroatoms. The number of methoxy groups -OCH3 is 1. The van der Waals surface area contributed by atoms with Crippen molar-refractivity contribution in [1.29, 1.82) is 0 Å². The number of carbonyl (C=O) groups excluding carboxylic acids is 1. The third kappa shape index (κ3) is 5.45. The predicted octanol–water partition coefficient (Wildman–Crippen LogP) is 1.91. The molecule has 94 valence electrons. The summed E-state index contributed by atoms with van der Waals surface area (Å²) in [4.78, 5) is 11.5. The van der Waals surface area contributed by atoms with Crippen molar-refractivity contribution in [2.45, 2.75) is 25.8 Å². The van der Waals surface area contributed by atoms with Gasteiger partial charge in [0.15, 0.2) is 0 Å². The van der Waals surface area contributed by atoms with Gasteiger partial charge in [0.25, 0.3) is 0 Å². The first kappa shape index (κ1) is 13.6. The van der Waals surface area contributed by atoms with Gasteiger partial charge in [-0.1, -0.05) is 12.1 Å². The number of halogens is 1. The normalized spacial score (nSPS) is 12.2. The van der Waals surface area contributed by atoms with Crippen LogP contribution in [-0.4, -0.2) is 25.7 Å². The second kappa shape index (κ2) is 7.01. The van der Waals surface area contributed by atoms with E-state index in [0.29, 0.717) is 19.4 Å². The van der Waals surface area contributed by atoms with Crippen LogP contribution in [0.5, 0.6) is 0 Å². The SMILES string of the molecule is COC[C@@H](C)NC(=O)CCc1cccc(F)c1. The van der Waals surface area contributed by atoms with Crippen LogP contribution in [0.4, 0.5) is 4.39 Å². The minimum atomic E-state index is -0.268. The molecule has 0 radical (unpaired) electrons. The number of hydrogen-bond acceptors (Lipinski definition) is 2. The Bertz CT molecular complexity index is 368. The molecule has 0 saturated heterocycles. The summed E-state index contributed by atoms with van der Waals surface area (Å²) in [7, 11) is 1.59. The molecular weight excluding hydrogens is 221 g/mol. The van der Waals surface area contributed by atoms with Crippen LogP contribution in [-0.2, 0) is 16.0 Å². The summed E-state index contributed by atoms with van der Waals surface area (Å²) >= 11 is 0. The lowest BCUT2D eigenvalue weighted by atomic mass is 10.1. The van der Waals surface area contributed by atoms with E-state index in [1.54, 1.807) is 13.2 Å². The average molecular weight is 239 g/mol. The first-order chi connectivity index (χ1) is 8.11. The second-order valence-corrected chi connectivity index (χ2v) is 4.05. The number of rotatable bonds is 6. The molecule has 0 fully saturated rings. The Morgan fingerprint density at radius 2 is 2.29 bits per heavy atom. The highest BCUT2D eigenvalue weighted by atomic mass is 19.1. The van der Waals surface area contributed by atoms with E-state index in [-0.39, 0.29) is 17.8 Å². The molecule has 0 spiro atoms. The Hall–Kier alpha value is -1.42. The van der Waals surface area contributed by atoms with Gasteiger partial charge in [0, 0.05) is 19.6 Å². The summed E-state index contributed by atoms with van der Waals surface area (Å²) in [6.07, 6.45) is 0.904. The van der Waals surface area contributed by atoms with Gasteiger partial charge in [-0.2, -0.15) is 0 Å². The van der Waals surface area contributed by atoms with Gasteiger partial charge < -0.3 is 10.1 Å². The lowest BCUT2D eigenvalue weighted by Gasteiger charge is -2.12. The van der Waals surface area contributed by atoms with Crippen LogP contribution < -0.4 is 5.32 Å². The summed E-state index contributed by atoms with van der Waals surface area (Å²) in [5.74, 6) is -0.311. The van der Waals surface area contributed by atoms with Gasteiger partial charge in [-0.05, 0) is 31.0 Å². The fourth-order valence-electron chi connectivity index (χ4n) is 1.59. The predicted molar refractivity (Wildman–Crippen MR) is 64.2 cm³/mol. The van der Waals surface area contributed by atoms with Gasteiger partial charge in [0.1, 0.15) is 5.82 Å². The van der Waals surface area contributed by atoms with Crippen LogP contribution >= 0.6 is 0 Å². The summed E-state index contributed by atoms with van der Waals surface area (Å²) in [6.45, 7) is 2.37. The maximum Gasteiger partial charge on any atom is 0.220 e. The molecule has 1 rings (SSSR count). The molecule has 0 heterocycles. The van der Waals surface area contributed by atoms with E-state index >= 15 is 0 Å². The van der Waals surface area contributed by atoms with Crippen molar-refractivity contribution in [3.8, 4) is 0 Å². The minimum absolute atomic E-state index is 0.00000877. The van der Waals surface area contributed by atoms with Crippen LogP contribution in [0.15, 0.2) is 24.3 Å². The standard InChI is InChI=1S/C13H18FNO2/c1-10(9-17-2)15-13(16)7-6-11-4-3-5-12(14)8-11/h3-5,8,10H,6-7,9H2,1-2H3,(H,15,16)/t10-/m1/s1. The summed E-state index contributed by atoms with van der Waals surface area (Å²) in [5, 5.41) is 2.81. The third-order valence-corrected chi connectivity index (χ3v) is 2.35. The van der Waals surface area contributed by atoms with Crippen LogP contribution in [0.1, 0.15) is 18.9 Å². The van der Waals surface area contributed by atoms with Gasteiger partial charge in [-0.3, -0.25) is 4.79 Å². The summed E-state index contributed by atoms with van der Waals surface area (Å²) in [6, 6.07) is 6.31.